The van der Waals surface area contributed by atoms with Crippen molar-refractivity contribution < 1.29 is 29.0 Å². The lowest BCUT2D eigenvalue weighted by Gasteiger charge is -2.34. The number of amides is 4. The van der Waals surface area contributed by atoms with Crippen LogP contribution in [0.1, 0.15) is 96.7 Å². The van der Waals surface area contributed by atoms with Crippen LogP contribution in [-0.2, 0) is 19.1 Å². The average molecular weight is 535 g/mol. The van der Waals surface area contributed by atoms with Crippen LogP contribution in [0.4, 0.5) is 4.79 Å². The second kappa shape index (κ2) is 15.8. The van der Waals surface area contributed by atoms with E-state index in [-0.39, 0.29) is 17.9 Å². The largest absolute Gasteiger partial charge is 0.507 e. The van der Waals surface area contributed by atoms with Gasteiger partial charge in [-0.2, -0.15) is 0 Å². The second-order valence-corrected chi connectivity index (χ2v) is 10.5. The lowest BCUT2D eigenvalue weighted by Crippen LogP contribution is -2.54. The van der Waals surface area contributed by atoms with Gasteiger partial charge in [0.05, 0.1) is 6.42 Å². The van der Waals surface area contributed by atoms with E-state index in [1.807, 2.05) is 6.92 Å². The summed E-state index contributed by atoms with van der Waals surface area (Å²) in [6, 6.07) is 2.47. The normalized spacial score (nSPS) is 12.8. The molecule has 0 heterocycles. The number of carbonyl (C=O) groups excluding carboxylic acids is 4. The smallest absolute Gasteiger partial charge is 0.408 e. The Morgan fingerprint density at radius 2 is 1.71 bits per heavy atom. The maximum absolute atomic E-state index is 14.0. The molecule has 1 aromatic rings. The molecule has 0 fully saturated rings. The molecule has 1 aromatic carbocycles. The van der Waals surface area contributed by atoms with E-state index in [1.165, 1.54) is 4.90 Å². The summed E-state index contributed by atoms with van der Waals surface area (Å²) in [7, 11) is 0. The quantitative estimate of drug-likeness (QED) is 0.251. The fourth-order valence-corrected chi connectivity index (χ4v) is 3.96. The van der Waals surface area contributed by atoms with Gasteiger partial charge in [0.15, 0.2) is 0 Å². The molecular formula is C28H46N4O6. The molecule has 5 N–H and O–H groups in total. The fraction of sp³-hybridized carbons (Fsp3) is 0.643. The van der Waals surface area contributed by atoms with E-state index in [1.54, 1.807) is 45.9 Å². The lowest BCUT2D eigenvalue weighted by atomic mass is 9.98. The first-order chi connectivity index (χ1) is 17.8. The molecule has 2 unspecified atom stereocenters. The number of aromatic hydroxyl groups is 1. The topological polar surface area (TPSA) is 151 Å². The van der Waals surface area contributed by atoms with Gasteiger partial charge >= 0.3 is 6.09 Å². The summed E-state index contributed by atoms with van der Waals surface area (Å²) >= 11 is 0. The second-order valence-electron chi connectivity index (χ2n) is 10.5. The number of nitrogens with zero attached hydrogens (tertiary/aromatic N) is 1. The van der Waals surface area contributed by atoms with Gasteiger partial charge in [0.25, 0.3) is 0 Å². The predicted molar refractivity (Wildman–Crippen MR) is 146 cm³/mol. The fourth-order valence-electron chi connectivity index (χ4n) is 3.96. The van der Waals surface area contributed by atoms with Gasteiger partial charge in [-0.1, -0.05) is 57.7 Å². The number of nitrogens with two attached hydrogens (primary N) is 1. The molecule has 4 amide bonds. The summed E-state index contributed by atoms with van der Waals surface area (Å²) < 4.78 is 5.29. The summed E-state index contributed by atoms with van der Waals surface area (Å²) in [5.74, 6) is -2.02. The molecule has 214 valence electrons. The van der Waals surface area contributed by atoms with Crippen molar-refractivity contribution in [3.63, 3.8) is 0 Å². The van der Waals surface area contributed by atoms with Crippen LogP contribution in [0.25, 0.3) is 0 Å². The standard InChI is InChI=1S/C28H46N4O6/c1-7-9-11-12-17-32(26(36)21(18-22(29)33)31-27(37)38-28(4,5)6)23(25(35)30-16-10-8-2)20-15-13-14-19(3)24(20)34/h13-15,21,23,34H,7-12,16-18H2,1-6H3,(H2,29,33)(H,30,35)(H,31,37). The summed E-state index contributed by atoms with van der Waals surface area (Å²) in [6.45, 7) is 11.4. The first kappa shape index (κ1) is 32.7. The molecule has 0 spiro atoms. The number of para-hydroxylation sites is 1. The minimum Gasteiger partial charge on any atom is -0.507 e. The van der Waals surface area contributed by atoms with Crippen molar-refractivity contribution >= 4 is 23.8 Å². The van der Waals surface area contributed by atoms with E-state index in [0.29, 0.717) is 18.5 Å². The van der Waals surface area contributed by atoms with Gasteiger partial charge in [0.2, 0.25) is 17.7 Å². The third kappa shape index (κ3) is 11.0. The highest BCUT2D eigenvalue weighted by Crippen LogP contribution is 2.32. The van der Waals surface area contributed by atoms with Gasteiger partial charge in [-0.05, 0) is 46.1 Å². The monoisotopic (exact) mass is 534 g/mol. The SMILES string of the molecule is CCCCCCN(C(=O)C(CC(N)=O)NC(=O)OC(C)(C)C)C(C(=O)NCCCC)c1cccc(C)c1O. The number of nitrogens with one attached hydrogen (secondary N) is 2. The van der Waals surface area contributed by atoms with Crippen molar-refractivity contribution in [3.05, 3.63) is 29.3 Å². The Kier molecular flexibility index (Phi) is 13.6. The van der Waals surface area contributed by atoms with E-state index < -0.39 is 47.9 Å². The number of alkyl carbamates (subject to hydrolysis) is 1. The molecule has 1 rings (SSSR count). The van der Waals surface area contributed by atoms with Crippen LogP contribution < -0.4 is 16.4 Å². The number of primary amides is 1. The van der Waals surface area contributed by atoms with Crippen LogP contribution in [0, 0.1) is 6.92 Å². The predicted octanol–water partition coefficient (Wildman–Crippen LogP) is 3.84. The van der Waals surface area contributed by atoms with Crippen LogP contribution in [0.2, 0.25) is 0 Å². The summed E-state index contributed by atoms with van der Waals surface area (Å²) in [5.41, 5.74) is 5.40. The Bertz CT molecular complexity index is 944. The first-order valence-corrected chi connectivity index (χ1v) is 13.5. The number of rotatable bonds is 15. The molecule has 0 radical (unpaired) electrons. The molecule has 0 saturated carbocycles. The maximum atomic E-state index is 14.0. The molecule has 0 aliphatic rings. The zero-order valence-corrected chi connectivity index (χ0v) is 23.8. The van der Waals surface area contributed by atoms with Gasteiger partial charge in [-0.25, -0.2) is 4.79 Å². The van der Waals surface area contributed by atoms with Crippen molar-refractivity contribution in [1.82, 2.24) is 15.5 Å². The molecule has 0 saturated heterocycles. The van der Waals surface area contributed by atoms with Crippen LogP contribution in [0.5, 0.6) is 5.75 Å². The molecule has 2 atom stereocenters. The number of hydrogen-bond acceptors (Lipinski definition) is 6. The first-order valence-electron chi connectivity index (χ1n) is 13.5. The van der Waals surface area contributed by atoms with Gasteiger partial charge in [0.1, 0.15) is 23.4 Å². The third-order valence-electron chi connectivity index (χ3n) is 5.88. The van der Waals surface area contributed by atoms with Crippen molar-refractivity contribution in [3.8, 4) is 5.75 Å². The average Bonchev–Trinajstić information content (AvgIpc) is 2.81. The van der Waals surface area contributed by atoms with Gasteiger partial charge in [-0.3, -0.25) is 14.4 Å². The number of aryl methyl sites for hydroxylation is 1. The van der Waals surface area contributed by atoms with Crippen molar-refractivity contribution in [1.29, 1.82) is 0 Å². The maximum Gasteiger partial charge on any atom is 0.408 e. The molecule has 10 heteroatoms. The minimum absolute atomic E-state index is 0.0962. The molecule has 10 nitrogen and oxygen atoms in total. The summed E-state index contributed by atoms with van der Waals surface area (Å²) in [4.78, 5) is 53.3. The van der Waals surface area contributed by atoms with E-state index in [0.717, 1.165) is 32.1 Å². The molecule has 0 aliphatic carbocycles. The van der Waals surface area contributed by atoms with Gasteiger partial charge < -0.3 is 31.1 Å². The van der Waals surface area contributed by atoms with Crippen molar-refractivity contribution in [2.45, 2.75) is 104 Å². The molecule has 0 aromatic heterocycles. The van der Waals surface area contributed by atoms with E-state index in [4.69, 9.17) is 10.5 Å². The van der Waals surface area contributed by atoms with Gasteiger partial charge in [0, 0.05) is 18.7 Å². The number of benzene rings is 1. The number of phenolic OH excluding ortho intramolecular Hbond substituents is 1. The van der Waals surface area contributed by atoms with Crippen molar-refractivity contribution in [2.75, 3.05) is 13.1 Å². The Labute approximate surface area is 226 Å². The highest BCUT2D eigenvalue weighted by Gasteiger charge is 2.38. The summed E-state index contributed by atoms with van der Waals surface area (Å²) in [6.07, 6.45) is 3.54. The zero-order valence-electron chi connectivity index (χ0n) is 23.8. The number of hydrogen-bond donors (Lipinski definition) is 4. The number of ether oxygens (including phenoxy) is 1. The Hall–Kier alpha value is -3.30. The highest BCUT2D eigenvalue weighted by atomic mass is 16.6. The number of phenols is 1. The van der Waals surface area contributed by atoms with Crippen LogP contribution in [-0.4, -0.2) is 58.6 Å². The van der Waals surface area contributed by atoms with Crippen molar-refractivity contribution in [2.24, 2.45) is 5.73 Å². The Morgan fingerprint density at radius 1 is 1.05 bits per heavy atom. The minimum atomic E-state index is -1.36. The van der Waals surface area contributed by atoms with E-state index in [2.05, 4.69) is 17.6 Å². The molecule has 0 bridgehead atoms. The van der Waals surface area contributed by atoms with Crippen LogP contribution >= 0.6 is 0 Å². The Morgan fingerprint density at radius 3 is 2.29 bits per heavy atom. The van der Waals surface area contributed by atoms with Crippen LogP contribution in [0.3, 0.4) is 0 Å². The van der Waals surface area contributed by atoms with E-state index in [9.17, 15) is 24.3 Å². The summed E-state index contributed by atoms with van der Waals surface area (Å²) in [5, 5.41) is 16.2. The lowest BCUT2D eigenvalue weighted by molar-refractivity contribution is -0.143. The molecule has 38 heavy (non-hydrogen) atoms. The number of carbonyl (C=O) groups is 4. The zero-order chi connectivity index (χ0) is 28.9. The van der Waals surface area contributed by atoms with E-state index >= 15 is 0 Å². The Balaban J connectivity index is 3.54. The highest BCUT2D eigenvalue weighted by molar-refractivity contribution is 5.94. The molecule has 0 aliphatic heterocycles. The molecular weight excluding hydrogens is 488 g/mol. The van der Waals surface area contributed by atoms with Crippen LogP contribution in [0.15, 0.2) is 18.2 Å². The van der Waals surface area contributed by atoms with Gasteiger partial charge in [-0.15, -0.1) is 0 Å². The number of unbranched alkanes of at least 4 members (excludes halogenated alkanes) is 4. The third-order valence-corrected chi connectivity index (χ3v) is 5.88.